The van der Waals surface area contributed by atoms with Crippen molar-refractivity contribution in [1.82, 2.24) is 4.90 Å². The summed E-state index contributed by atoms with van der Waals surface area (Å²) in [5, 5.41) is 0. The van der Waals surface area contributed by atoms with E-state index in [1.165, 1.54) is 0 Å². The maximum absolute atomic E-state index is 11.9. The van der Waals surface area contributed by atoms with Crippen molar-refractivity contribution in [3.8, 4) is 0 Å². The quantitative estimate of drug-likeness (QED) is 0.704. The van der Waals surface area contributed by atoms with Crippen LogP contribution in [0.15, 0.2) is 0 Å². The van der Waals surface area contributed by atoms with Crippen molar-refractivity contribution >= 4 is 11.7 Å². The zero-order valence-electron chi connectivity index (χ0n) is 9.35. The number of ether oxygens (including phenoxy) is 1. The number of carbonyl (C=O) groups excluding carboxylic acids is 2. The van der Waals surface area contributed by atoms with Gasteiger partial charge in [0.25, 0.3) is 0 Å². The van der Waals surface area contributed by atoms with Gasteiger partial charge in [0.05, 0.1) is 19.2 Å². The predicted molar refractivity (Wildman–Crippen MR) is 57.7 cm³/mol. The highest BCUT2D eigenvalue weighted by Crippen LogP contribution is 2.19. The molecule has 5 heteroatoms. The topological polar surface area (TPSA) is 72.6 Å². The Morgan fingerprint density at radius 2 is 2.19 bits per heavy atom. The van der Waals surface area contributed by atoms with E-state index in [2.05, 4.69) is 0 Å². The van der Waals surface area contributed by atoms with Gasteiger partial charge in [-0.2, -0.15) is 0 Å². The smallest absolute Gasteiger partial charge is 0.234 e. The Hall–Kier alpha value is -0.940. The number of hydrogen-bond donors (Lipinski definition) is 1. The van der Waals surface area contributed by atoms with Gasteiger partial charge in [-0.15, -0.1) is 0 Å². The number of carbonyl (C=O) groups is 2. The molecule has 2 rings (SSSR count). The Balaban J connectivity index is 1.88. The summed E-state index contributed by atoms with van der Waals surface area (Å²) in [4.78, 5) is 25.0. The van der Waals surface area contributed by atoms with Crippen LogP contribution in [-0.4, -0.2) is 48.9 Å². The van der Waals surface area contributed by atoms with Crippen molar-refractivity contribution < 1.29 is 14.3 Å². The van der Waals surface area contributed by atoms with Crippen LogP contribution < -0.4 is 5.73 Å². The van der Waals surface area contributed by atoms with Crippen LogP contribution >= 0.6 is 0 Å². The van der Waals surface area contributed by atoms with Gasteiger partial charge in [0.15, 0.2) is 5.78 Å². The molecular weight excluding hydrogens is 208 g/mol. The minimum absolute atomic E-state index is 0.0223. The van der Waals surface area contributed by atoms with Crippen LogP contribution in [0.3, 0.4) is 0 Å². The monoisotopic (exact) mass is 226 g/mol. The number of likely N-dealkylation sites (tertiary alicyclic amines) is 1. The summed E-state index contributed by atoms with van der Waals surface area (Å²) in [6.07, 6.45) is 2.54. The summed E-state index contributed by atoms with van der Waals surface area (Å²) in [6, 6.07) is -0.244. The summed E-state index contributed by atoms with van der Waals surface area (Å²) in [7, 11) is 0. The average molecular weight is 226 g/mol. The molecule has 2 aliphatic rings. The van der Waals surface area contributed by atoms with Crippen LogP contribution in [0, 0.1) is 5.92 Å². The van der Waals surface area contributed by atoms with Crippen molar-refractivity contribution in [2.75, 3.05) is 26.3 Å². The highest BCUT2D eigenvalue weighted by molar-refractivity contribution is 5.85. The number of primary amides is 1. The van der Waals surface area contributed by atoms with Gasteiger partial charge in [0.1, 0.15) is 0 Å². The SMILES string of the molecule is NC(=O)C1CCCN1CC(=O)C1CCOC1. The van der Waals surface area contributed by atoms with Crippen LogP contribution in [0.25, 0.3) is 0 Å². The standard InChI is InChI=1S/C11H18N2O3/c12-11(15)9-2-1-4-13(9)6-10(14)8-3-5-16-7-8/h8-9H,1-7H2,(H2,12,15). The fourth-order valence-corrected chi connectivity index (χ4v) is 2.46. The van der Waals surface area contributed by atoms with Gasteiger partial charge >= 0.3 is 0 Å². The molecule has 0 aromatic rings. The lowest BCUT2D eigenvalue weighted by Gasteiger charge is -2.21. The van der Waals surface area contributed by atoms with Gasteiger partial charge in [-0.25, -0.2) is 0 Å². The summed E-state index contributed by atoms with van der Waals surface area (Å²) in [6.45, 7) is 2.36. The lowest BCUT2D eigenvalue weighted by Crippen LogP contribution is -2.43. The largest absolute Gasteiger partial charge is 0.381 e. The molecule has 0 aliphatic carbocycles. The third-order valence-electron chi connectivity index (χ3n) is 3.44. The molecule has 1 amide bonds. The van der Waals surface area contributed by atoms with Gasteiger partial charge in [0, 0.05) is 12.5 Å². The second-order valence-electron chi connectivity index (χ2n) is 4.56. The highest BCUT2D eigenvalue weighted by Gasteiger charge is 2.32. The van der Waals surface area contributed by atoms with E-state index in [9.17, 15) is 9.59 Å². The van der Waals surface area contributed by atoms with Crippen LogP contribution in [-0.2, 0) is 14.3 Å². The van der Waals surface area contributed by atoms with E-state index in [-0.39, 0.29) is 23.7 Å². The summed E-state index contributed by atoms with van der Waals surface area (Å²) in [5.74, 6) is -0.104. The van der Waals surface area contributed by atoms with Gasteiger partial charge in [-0.1, -0.05) is 0 Å². The lowest BCUT2D eigenvalue weighted by atomic mass is 10.0. The number of hydrogen-bond acceptors (Lipinski definition) is 4. The lowest BCUT2D eigenvalue weighted by molar-refractivity contribution is -0.126. The second-order valence-corrected chi connectivity index (χ2v) is 4.56. The van der Waals surface area contributed by atoms with Crippen LogP contribution in [0.4, 0.5) is 0 Å². The zero-order valence-corrected chi connectivity index (χ0v) is 9.35. The number of nitrogens with zero attached hydrogens (tertiary/aromatic N) is 1. The van der Waals surface area contributed by atoms with Crippen molar-refractivity contribution in [3.63, 3.8) is 0 Å². The maximum atomic E-state index is 11.9. The number of ketones is 1. The van der Waals surface area contributed by atoms with Gasteiger partial charge in [-0.3, -0.25) is 14.5 Å². The Morgan fingerprint density at radius 3 is 2.81 bits per heavy atom. The molecule has 0 aromatic carbocycles. The molecule has 2 fully saturated rings. The Kier molecular flexibility index (Phi) is 3.56. The van der Waals surface area contributed by atoms with Crippen LogP contribution in [0.5, 0.6) is 0 Å². The number of rotatable bonds is 4. The van der Waals surface area contributed by atoms with Crippen LogP contribution in [0.2, 0.25) is 0 Å². The third kappa shape index (κ3) is 2.41. The van der Waals surface area contributed by atoms with Crippen LogP contribution in [0.1, 0.15) is 19.3 Å². The molecule has 5 nitrogen and oxygen atoms in total. The molecule has 2 N–H and O–H groups in total. The Labute approximate surface area is 94.9 Å². The molecule has 90 valence electrons. The molecule has 2 atom stereocenters. The molecule has 2 heterocycles. The van der Waals surface area contributed by atoms with E-state index >= 15 is 0 Å². The average Bonchev–Trinajstić information content (AvgIpc) is 2.86. The predicted octanol–water partition coefficient (Wildman–Crippen LogP) is -0.458. The number of amides is 1. The van der Waals surface area contributed by atoms with E-state index in [4.69, 9.17) is 10.5 Å². The number of nitrogens with two attached hydrogens (primary N) is 1. The maximum Gasteiger partial charge on any atom is 0.234 e. The van der Waals surface area contributed by atoms with Crippen molar-refractivity contribution in [1.29, 1.82) is 0 Å². The van der Waals surface area contributed by atoms with E-state index < -0.39 is 0 Å². The summed E-state index contributed by atoms with van der Waals surface area (Å²) >= 11 is 0. The molecule has 0 spiro atoms. The molecule has 0 bridgehead atoms. The zero-order chi connectivity index (χ0) is 11.5. The van der Waals surface area contributed by atoms with Crippen molar-refractivity contribution in [3.05, 3.63) is 0 Å². The van der Waals surface area contributed by atoms with E-state index in [0.29, 0.717) is 19.8 Å². The van der Waals surface area contributed by atoms with Gasteiger partial charge in [-0.05, 0) is 25.8 Å². The summed E-state index contributed by atoms with van der Waals surface area (Å²) in [5.41, 5.74) is 5.30. The molecule has 2 unspecified atom stereocenters. The fraction of sp³-hybridized carbons (Fsp3) is 0.818. The normalized spacial score (nSPS) is 30.8. The Morgan fingerprint density at radius 1 is 1.38 bits per heavy atom. The van der Waals surface area contributed by atoms with E-state index in [1.54, 1.807) is 0 Å². The Bertz CT molecular complexity index is 287. The molecule has 0 aromatic heterocycles. The van der Waals surface area contributed by atoms with Crippen molar-refractivity contribution in [2.45, 2.75) is 25.3 Å². The summed E-state index contributed by atoms with van der Waals surface area (Å²) < 4.78 is 5.19. The first kappa shape index (κ1) is 11.5. The fourth-order valence-electron chi connectivity index (χ4n) is 2.46. The molecule has 0 saturated carbocycles. The van der Waals surface area contributed by atoms with E-state index in [0.717, 1.165) is 25.8 Å². The van der Waals surface area contributed by atoms with Gasteiger partial charge in [0.2, 0.25) is 5.91 Å². The third-order valence-corrected chi connectivity index (χ3v) is 3.44. The van der Waals surface area contributed by atoms with Crippen molar-refractivity contribution in [2.24, 2.45) is 11.7 Å². The first-order valence-electron chi connectivity index (χ1n) is 5.82. The molecule has 0 radical (unpaired) electrons. The second kappa shape index (κ2) is 4.93. The van der Waals surface area contributed by atoms with Gasteiger partial charge < -0.3 is 10.5 Å². The minimum Gasteiger partial charge on any atom is -0.381 e. The first-order valence-corrected chi connectivity index (χ1v) is 5.82. The molecule has 2 aliphatic heterocycles. The van der Waals surface area contributed by atoms with E-state index in [1.807, 2.05) is 4.90 Å². The molecular formula is C11H18N2O3. The first-order chi connectivity index (χ1) is 7.68. The molecule has 16 heavy (non-hydrogen) atoms. The minimum atomic E-state index is -0.312. The molecule has 2 saturated heterocycles. The number of Topliss-reactive ketones (excluding diaryl/α,β-unsaturated/α-hetero) is 1. The highest BCUT2D eigenvalue weighted by atomic mass is 16.5.